The van der Waals surface area contributed by atoms with Crippen LogP contribution in [0.25, 0.3) is 16.6 Å². The Kier molecular flexibility index (Phi) is 6.51. The summed E-state index contributed by atoms with van der Waals surface area (Å²) in [7, 11) is 2.08. The first-order valence-electron chi connectivity index (χ1n) is 12.0. The smallest absolute Gasteiger partial charge is 0.255 e. The Morgan fingerprint density at radius 1 is 1.22 bits per heavy atom. The van der Waals surface area contributed by atoms with Gasteiger partial charge < -0.3 is 10.1 Å². The van der Waals surface area contributed by atoms with Crippen LogP contribution in [-0.2, 0) is 4.74 Å². The quantitative estimate of drug-likeness (QED) is 0.446. The van der Waals surface area contributed by atoms with Crippen molar-refractivity contribution in [2.45, 2.75) is 25.8 Å². The average molecular weight is 481 g/mol. The van der Waals surface area contributed by atoms with Gasteiger partial charge in [-0.15, -0.1) is 0 Å². The van der Waals surface area contributed by atoms with Crippen LogP contribution in [0.2, 0.25) is 0 Å². The third-order valence-electron chi connectivity index (χ3n) is 6.62. The molecule has 0 radical (unpaired) electrons. The number of hydrogen-bond donors (Lipinski definition) is 1. The molecule has 1 unspecified atom stereocenters. The molecule has 1 aliphatic heterocycles. The highest BCUT2D eigenvalue weighted by Crippen LogP contribution is 2.28. The van der Waals surface area contributed by atoms with Crippen molar-refractivity contribution in [2.75, 3.05) is 32.1 Å². The molecular formula is C28H28N6O2. The summed E-state index contributed by atoms with van der Waals surface area (Å²) >= 11 is 0. The second-order valence-corrected chi connectivity index (χ2v) is 9.33. The molecule has 1 atom stereocenters. The van der Waals surface area contributed by atoms with Gasteiger partial charge in [0.1, 0.15) is 0 Å². The number of nitriles is 1. The monoisotopic (exact) mass is 480 g/mol. The molecular weight excluding hydrogens is 452 g/mol. The first-order valence-corrected chi connectivity index (χ1v) is 12.0. The first-order chi connectivity index (χ1) is 17.5. The second kappa shape index (κ2) is 9.90. The van der Waals surface area contributed by atoms with E-state index < -0.39 is 0 Å². The first kappa shape index (κ1) is 23.7. The summed E-state index contributed by atoms with van der Waals surface area (Å²) in [6, 6.07) is 17.2. The number of fused-ring (bicyclic) bond motifs is 1. The normalized spacial score (nSPS) is 16.2. The Bertz CT molecular complexity index is 1470. The van der Waals surface area contributed by atoms with E-state index in [-0.39, 0.29) is 17.9 Å². The largest absolute Gasteiger partial charge is 0.378 e. The number of hydrogen-bond acceptors (Lipinski definition) is 6. The van der Waals surface area contributed by atoms with E-state index in [4.69, 9.17) is 4.74 Å². The van der Waals surface area contributed by atoms with Gasteiger partial charge in [0.15, 0.2) is 0 Å². The molecule has 3 heterocycles. The number of carbonyl (C=O) groups excluding carboxylic acids is 1. The van der Waals surface area contributed by atoms with Gasteiger partial charge in [-0.2, -0.15) is 10.4 Å². The van der Waals surface area contributed by atoms with Crippen LogP contribution in [0.15, 0.2) is 60.9 Å². The molecule has 4 aromatic rings. The van der Waals surface area contributed by atoms with Crippen molar-refractivity contribution in [2.24, 2.45) is 0 Å². The summed E-state index contributed by atoms with van der Waals surface area (Å²) in [4.78, 5) is 20.1. The van der Waals surface area contributed by atoms with Crippen LogP contribution >= 0.6 is 0 Å². The van der Waals surface area contributed by atoms with E-state index in [9.17, 15) is 10.1 Å². The second-order valence-electron chi connectivity index (χ2n) is 9.33. The SMILES string of the molecule is CC(C)c1c(C#N)cccc1C(=O)Nc1ccc2cnn(-c3ccnc(C4COCCN4C)c3)c2c1. The van der Waals surface area contributed by atoms with Crippen molar-refractivity contribution >= 4 is 22.5 Å². The van der Waals surface area contributed by atoms with Crippen LogP contribution < -0.4 is 5.32 Å². The van der Waals surface area contributed by atoms with Gasteiger partial charge in [-0.3, -0.25) is 14.7 Å². The molecule has 0 spiro atoms. The van der Waals surface area contributed by atoms with Gasteiger partial charge >= 0.3 is 0 Å². The van der Waals surface area contributed by atoms with Crippen molar-refractivity contribution < 1.29 is 9.53 Å². The molecule has 8 nitrogen and oxygen atoms in total. The maximum Gasteiger partial charge on any atom is 0.255 e. The van der Waals surface area contributed by atoms with Crippen molar-refractivity contribution in [3.63, 3.8) is 0 Å². The average Bonchev–Trinajstić information content (AvgIpc) is 3.31. The summed E-state index contributed by atoms with van der Waals surface area (Å²) < 4.78 is 7.53. The predicted molar refractivity (Wildman–Crippen MR) is 138 cm³/mol. The summed E-state index contributed by atoms with van der Waals surface area (Å²) in [6.45, 7) is 6.16. The van der Waals surface area contributed by atoms with Crippen molar-refractivity contribution in [3.05, 3.63) is 83.3 Å². The molecule has 1 N–H and O–H groups in total. The Hall–Kier alpha value is -4.06. The van der Waals surface area contributed by atoms with Crippen LogP contribution in [0.3, 0.4) is 0 Å². The highest BCUT2D eigenvalue weighted by molar-refractivity contribution is 6.06. The number of benzene rings is 2. The molecule has 2 aromatic carbocycles. The van der Waals surface area contributed by atoms with Crippen molar-refractivity contribution in [1.82, 2.24) is 19.7 Å². The fourth-order valence-corrected chi connectivity index (χ4v) is 4.73. The predicted octanol–water partition coefficient (Wildman–Crippen LogP) is 4.67. The molecule has 0 bridgehead atoms. The number of rotatable bonds is 5. The van der Waals surface area contributed by atoms with E-state index in [1.165, 1.54) is 0 Å². The Balaban J connectivity index is 1.47. The van der Waals surface area contributed by atoms with E-state index in [0.29, 0.717) is 23.4 Å². The van der Waals surface area contributed by atoms with Gasteiger partial charge in [0, 0.05) is 29.4 Å². The van der Waals surface area contributed by atoms with Crippen LogP contribution in [0.4, 0.5) is 5.69 Å². The minimum Gasteiger partial charge on any atom is -0.378 e. The maximum atomic E-state index is 13.2. The van der Waals surface area contributed by atoms with Gasteiger partial charge in [-0.1, -0.05) is 19.9 Å². The number of morpholine rings is 1. The molecule has 1 fully saturated rings. The van der Waals surface area contributed by atoms with E-state index in [0.717, 1.165) is 41.0 Å². The zero-order valence-corrected chi connectivity index (χ0v) is 20.6. The molecule has 182 valence electrons. The lowest BCUT2D eigenvalue weighted by atomic mass is 9.92. The van der Waals surface area contributed by atoms with Crippen molar-refractivity contribution in [1.29, 1.82) is 5.26 Å². The molecule has 1 aliphatic rings. The lowest BCUT2D eigenvalue weighted by Crippen LogP contribution is -2.37. The molecule has 0 aliphatic carbocycles. The van der Waals surface area contributed by atoms with Crippen LogP contribution in [0, 0.1) is 11.3 Å². The number of pyridine rings is 1. The third-order valence-corrected chi connectivity index (χ3v) is 6.62. The van der Waals surface area contributed by atoms with Crippen molar-refractivity contribution in [3.8, 4) is 11.8 Å². The van der Waals surface area contributed by atoms with Gasteiger partial charge in [0.2, 0.25) is 0 Å². The number of nitrogens with one attached hydrogen (secondary N) is 1. The van der Waals surface area contributed by atoms with Gasteiger partial charge in [-0.25, -0.2) is 4.68 Å². The van der Waals surface area contributed by atoms with Crippen LogP contribution in [-0.4, -0.2) is 52.4 Å². The minimum absolute atomic E-state index is 0.0417. The molecule has 36 heavy (non-hydrogen) atoms. The summed E-state index contributed by atoms with van der Waals surface area (Å²) in [5, 5.41) is 18.1. The number of nitrogens with zero attached hydrogens (tertiary/aromatic N) is 5. The molecule has 2 aromatic heterocycles. The lowest BCUT2D eigenvalue weighted by molar-refractivity contribution is 0.00352. The summed E-state index contributed by atoms with van der Waals surface area (Å²) in [5.74, 6) is -0.201. The van der Waals surface area contributed by atoms with Gasteiger partial charge in [0.25, 0.3) is 5.91 Å². The number of likely N-dealkylation sites (N-methyl/N-ethyl adjacent to an activating group) is 1. The van der Waals surface area contributed by atoms with Crippen LogP contribution in [0.1, 0.15) is 53.0 Å². The number of carbonyl (C=O) groups is 1. The van der Waals surface area contributed by atoms with E-state index in [1.807, 2.05) is 55.1 Å². The summed E-state index contributed by atoms with van der Waals surface area (Å²) in [6.07, 6.45) is 3.60. The maximum absolute atomic E-state index is 13.2. The number of ether oxygens (including phenoxy) is 1. The van der Waals surface area contributed by atoms with Gasteiger partial charge in [-0.05, 0) is 61.0 Å². The summed E-state index contributed by atoms with van der Waals surface area (Å²) in [5.41, 5.74) is 5.13. The molecule has 5 rings (SSSR count). The Labute approximate surface area is 210 Å². The highest BCUT2D eigenvalue weighted by atomic mass is 16.5. The molecule has 8 heteroatoms. The molecule has 1 saturated heterocycles. The Morgan fingerprint density at radius 2 is 2.08 bits per heavy atom. The number of anilines is 1. The zero-order chi connectivity index (χ0) is 25.2. The third kappa shape index (κ3) is 4.47. The van der Waals surface area contributed by atoms with E-state index in [2.05, 4.69) is 33.4 Å². The topological polar surface area (TPSA) is 96.1 Å². The fourth-order valence-electron chi connectivity index (χ4n) is 4.73. The minimum atomic E-state index is -0.243. The standard InChI is InChI=1S/C28H28N6O2/c1-18(2)27-19(15-29)5-4-6-23(27)28(35)32-21-8-7-20-16-31-34(25(20)13-21)22-9-10-30-24(14-22)26-17-36-12-11-33(26)3/h4-10,13-14,16,18,26H,11-12,17H2,1-3H3,(H,32,35). The molecule has 0 saturated carbocycles. The van der Waals surface area contributed by atoms with Crippen LogP contribution in [0.5, 0.6) is 0 Å². The van der Waals surface area contributed by atoms with Gasteiger partial charge in [0.05, 0.1) is 54.0 Å². The number of amides is 1. The van der Waals surface area contributed by atoms with E-state index in [1.54, 1.807) is 24.4 Å². The fraction of sp³-hybridized carbons (Fsp3) is 0.286. The molecule has 1 amide bonds. The number of aromatic nitrogens is 3. The zero-order valence-electron chi connectivity index (χ0n) is 20.6. The van der Waals surface area contributed by atoms with E-state index >= 15 is 0 Å². The lowest BCUT2D eigenvalue weighted by Gasteiger charge is -2.32. The highest BCUT2D eigenvalue weighted by Gasteiger charge is 2.23. The Morgan fingerprint density at radius 3 is 2.86 bits per heavy atom.